The van der Waals surface area contributed by atoms with E-state index in [2.05, 4.69) is 13.5 Å². The summed E-state index contributed by atoms with van der Waals surface area (Å²) in [4.78, 5) is 0. The van der Waals surface area contributed by atoms with Crippen molar-refractivity contribution in [3.05, 3.63) is 47.6 Å². The highest BCUT2D eigenvalue weighted by molar-refractivity contribution is 5.38. The van der Waals surface area contributed by atoms with Crippen molar-refractivity contribution in [1.29, 1.82) is 0 Å². The molecule has 43 heavy (non-hydrogen) atoms. The molecule has 0 amide bonds. The molecule has 0 aliphatic heterocycles. The Morgan fingerprint density at radius 1 is 0.953 bits per heavy atom. The van der Waals surface area contributed by atoms with Gasteiger partial charge in [-0.3, -0.25) is 0 Å². The van der Waals surface area contributed by atoms with Gasteiger partial charge in [-0.05, 0) is 112 Å². The fourth-order valence-corrected chi connectivity index (χ4v) is 8.04. The first kappa shape index (κ1) is 35.9. The molecular formula is C33H48F6O4. The standard InChI is InChI=1S/C33H48F6O4/c1-21-23(19-24(40)20-26(21)41)11-10-22-9-6-17-30(5)25(22)12-13-27(30)29(4,15-7-14-28(2,3)42)16-8-18-31(43,32(34,35)36)33(37,38)39/h8,10-11,18,24-27,40-43H,1,6-7,9,12-17,19-20H2,2-5H3/b18-8-,22-10+,23-11-/t24-,25?,26+,27?,29+,30+/m1/s1. The number of halogens is 6. The van der Waals surface area contributed by atoms with Crippen molar-refractivity contribution < 1.29 is 46.8 Å². The molecule has 0 saturated heterocycles. The molecule has 246 valence electrons. The zero-order valence-electron chi connectivity index (χ0n) is 25.7. The molecule has 0 heterocycles. The SMILES string of the molecule is C=C1/C(=C\C=C2/CCC[C@@]3(C)C2CCC3[C@](C)(C/C=C\C(O)(C(F)(F)F)C(F)(F)F)CCCC(C)(C)O)C[C@@H](O)C[C@@H]1O. The maximum Gasteiger partial charge on any atom is 0.429 e. The zero-order valence-corrected chi connectivity index (χ0v) is 25.7. The first-order valence-corrected chi connectivity index (χ1v) is 15.2. The Labute approximate surface area is 251 Å². The minimum absolute atomic E-state index is 0.0223. The average molecular weight is 623 g/mol. The zero-order chi connectivity index (χ0) is 32.6. The predicted molar refractivity (Wildman–Crippen MR) is 154 cm³/mol. The third kappa shape index (κ3) is 7.79. The van der Waals surface area contributed by atoms with E-state index >= 15 is 0 Å². The van der Waals surface area contributed by atoms with Gasteiger partial charge < -0.3 is 20.4 Å². The van der Waals surface area contributed by atoms with Gasteiger partial charge >= 0.3 is 12.4 Å². The second-order valence-electron chi connectivity index (χ2n) is 14.3. The minimum Gasteiger partial charge on any atom is -0.393 e. The van der Waals surface area contributed by atoms with E-state index in [1.54, 1.807) is 13.8 Å². The van der Waals surface area contributed by atoms with E-state index in [1.165, 1.54) is 5.57 Å². The number of allylic oxidation sites excluding steroid dienone is 4. The molecule has 10 heteroatoms. The van der Waals surface area contributed by atoms with E-state index in [4.69, 9.17) is 0 Å². The molecule has 3 saturated carbocycles. The number of hydrogen-bond acceptors (Lipinski definition) is 4. The van der Waals surface area contributed by atoms with Crippen LogP contribution in [0.25, 0.3) is 0 Å². The summed E-state index contributed by atoms with van der Waals surface area (Å²) in [6, 6.07) is 0. The lowest BCUT2D eigenvalue weighted by Gasteiger charge is -2.49. The van der Waals surface area contributed by atoms with E-state index in [1.807, 2.05) is 19.1 Å². The van der Waals surface area contributed by atoms with Gasteiger partial charge in [-0.1, -0.05) is 50.6 Å². The van der Waals surface area contributed by atoms with Crippen molar-refractivity contribution in [2.45, 2.75) is 134 Å². The van der Waals surface area contributed by atoms with Gasteiger partial charge in [0, 0.05) is 6.42 Å². The summed E-state index contributed by atoms with van der Waals surface area (Å²) in [7, 11) is 0. The third-order valence-electron chi connectivity index (χ3n) is 10.4. The Morgan fingerprint density at radius 2 is 1.58 bits per heavy atom. The van der Waals surface area contributed by atoms with Crippen LogP contribution in [0.5, 0.6) is 0 Å². The molecule has 0 spiro atoms. The molecule has 3 aliphatic rings. The minimum atomic E-state index is -5.92. The first-order chi connectivity index (χ1) is 19.5. The summed E-state index contributed by atoms with van der Waals surface area (Å²) in [5, 5.41) is 40.3. The van der Waals surface area contributed by atoms with Crippen molar-refractivity contribution in [2.24, 2.45) is 22.7 Å². The van der Waals surface area contributed by atoms with Crippen molar-refractivity contribution >= 4 is 0 Å². The number of alkyl halides is 6. The Hall–Kier alpha value is -1.62. The van der Waals surface area contributed by atoms with E-state index in [0.29, 0.717) is 31.3 Å². The van der Waals surface area contributed by atoms with E-state index in [9.17, 15) is 46.8 Å². The van der Waals surface area contributed by atoms with Crippen molar-refractivity contribution in [3.63, 3.8) is 0 Å². The van der Waals surface area contributed by atoms with Crippen LogP contribution in [0.2, 0.25) is 0 Å². The molecule has 4 N–H and O–H groups in total. The van der Waals surface area contributed by atoms with Crippen LogP contribution >= 0.6 is 0 Å². The highest BCUT2D eigenvalue weighted by Crippen LogP contribution is 2.64. The lowest BCUT2D eigenvalue weighted by molar-refractivity contribution is -0.347. The van der Waals surface area contributed by atoms with Crippen LogP contribution in [0.4, 0.5) is 26.3 Å². The van der Waals surface area contributed by atoms with Gasteiger partial charge in [-0.25, -0.2) is 0 Å². The summed E-state index contributed by atoms with van der Waals surface area (Å²) < 4.78 is 80.2. The van der Waals surface area contributed by atoms with Crippen LogP contribution in [-0.4, -0.2) is 56.2 Å². The van der Waals surface area contributed by atoms with Crippen LogP contribution in [0, 0.1) is 22.7 Å². The normalized spacial score (nSPS) is 32.9. The molecule has 0 radical (unpaired) electrons. The third-order valence-corrected chi connectivity index (χ3v) is 10.4. The van der Waals surface area contributed by atoms with Gasteiger partial charge in [0.15, 0.2) is 0 Å². The van der Waals surface area contributed by atoms with Gasteiger partial charge in [0.25, 0.3) is 5.60 Å². The van der Waals surface area contributed by atoms with Crippen LogP contribution in [0.15, 0.2) is 47.6 Å². The van der Waals surface area contributed by atoms with E-state index in [0.717, 1.165) is 43.8 Å². The summed E-state index contributed by atoms with van der Waals surface area (Å²) in [5.41, 5.74) is -4.25. The van der Waals surface area contributed by atoms with Crippen LogP contribution in [0.1, 0.15) is 98.3 Å². The molecule has 3 aliphatic carbocycles. The Morgan fingerprint density at radius 3 is 2.16 bits per heavy atom. The lowest BCUT2D eigenvalue weighted by Crippen LogP contribution is -2.55. The Balaban J connectivity index is 1.93. The van der Waals surface area contributed by atoms with Gasteiger partial charge in [0.05, 0.1) is 17.8 Å². The van der Waals surface area contributed by atoms with Crippen molar-refractivity contribution in [1.82, 2.24) is 0 Å². The van der Waals surface area contributed by atoms with Crippen LogP contribution < -0.4 is 0 Å². The number of aliphatic hydroxyl groups is 4. The molecule has 0 aromatic heterocycles. The molecule has 0 bridgehead atoms. The predicted octanol–water partition coefficient (Wildman–Crippen LogP) is 7.88. The fourth-order valence-electron chi connectivity index (χ4n) is 8.04. The second kappa shape index (κ2) is 12.6. The first-order valence-electron chi connectivity index (χ1n) is 15.2. The molecule has 3 fully saturated rings. The van der Waals surface area contributed by atoms with Gasteiger partial charge in [0.1, 0.15) is 0 Å². The van der Waals surface area contributed by atoms with Crippen molar-refractivity contribution in [3.8, 4) is 0 Å². The van der Waals surface area contributed by atoms with Crippen LogP contribution in [0.3, 0.4) is 0 Å². The average Bonchev–Trinajstić information content (AvgIpc) is 3.21. The monoisotopic (exact) mass is 622 g/mol. The highest BCUT2D eigenvalue weighted by atomic mass is 19.4. The number of fused-ring (bicyclic) bond motifs is 1. The molecule has 6 atom stereocenters. The Bertz CT molecular complexity index is 1080. The van der Waals surface area contributed by atoms with E-state index in [-0.39, 0.29) is 36.2 Å². The second-order valence-corrected chi connectivity index (χ2v) is 14.3. The lowest BCUT2D eigenvalue weighted by atomic mass is 9.55. The maximum atomic E-state index is 13.4. The largest absolute Gasteiger partial charge is 0.429 e. The number of hydrogen-bond donors (Lipinski definition) is 4. The topological polar surface area (TPSA) is 80.9 Å². The summed E-state index contributed by atoms with van der Waals surface area (Å²) in [6.07, 6.45) is -2.44. The fraction of sp³-hybridized carbons (Fsp3) is 0.758. The number of rotatable bonds is 9. The molecule has 2 unspecified atom stereocenters. The smallest absolute Gasteiger partial charge is 0.393 e. The Kier molecular flexibility index (Phi) is 10.5. The molecule has 0 aromatic carbocycles. The quantitative estimate of drug-likeness (QED) is 0.156. The maximum absolute atomic E-state index is 13.4. The summed E-state index contributed by atoms with van der Waals surface area (Å²) >= 11 is 0. The van der Waals surface area contributed by atoms with E-state index < -0.39 is 41.2 Å². The van der Waals surface area contributed by atoms with Gasteiger partial charge in [-0.15, -0.1) is 0 Å². The van der Waals surface area contributed by atoms with Crippen LogP contribution in [-0.2, 0) is 0 Å². The van der Waals surface area contributed by atoms with Gasteiger partial charge in [-0.2, -0.15) is 26.3 Å². The highest BCUT2D eigenvalue weighted by Gasteiger charge is 2.69. The number of aliphatic hydroxyl groups excluding tert-OH is 2. The van der Waals surface area contributed by atoms with Crippen molar-refractivity contribution in [2.75, 3.05) is 0 Å². The molecular weight excluding hydrogens is 574 g/mol. The molecule has 3 rings (SSSR count). The molecule has 4 nitrogen and oxygen atoms in total. The van der Waals surface area contributed by atoms with Gasteiger partial charge in [0.2, 0.25) is 0 Å². The molecule has 0 aromatic rings. The summed E-state index contributed by atoms with van der Waals surface area (Å²) in [5.74, 6) is 0.139. The summed E-state index contributed by atoms with van der Waals surface area (Å²) in [6.45, 7) is 11.4.